The highest BCUT2D eigenvalue weighted by Gasteiger charge is 2.26. The van der Waals surface area contributed by atoms with Gasteiger partial charge in [0.05, 0.1) is 17.8 Å². The Labute approximate surface area is 125 Å². The Morgan fingerprint density at radius 1 is 1.38 bits per heavy atom. The van der Waals surface area contributed by atoms with Gasteiger partial charge < -0.3 is 14.6 Å². The summed E-state index contributed by atoms with van der Waals surface area (Å²) in [7, 11) is 0. The molecule has 21 heavy (non-hydrogen) atoms. The Morgan fingerprint density at radius 3 is 2.62 bits per heavy atom. The number of aryl methyl sites for hydroxylation is 1. The first-order valence-electron chi connectivity index (χ1n) is 7.54. The molecule has 1 saturated heterocycles. The predicted molar refractivity (Wildman–Crippen MR) is 78.9 cm³/mol. The molecule has 0 spiro atoms. The molecule has 0 radical (unpaired) electrons. The fourth-order valence-electron chi connectivity index (χ4n) is 2.74. The molecular weight excluding hydrogens is 270 g/mol. The van der Waals surface area contributed by atoms with Crippen LogP contribution >= 0.6 is 0 Å². The number of carboxylic acid groups (broad SMARTS) is 1. The van der Waals surface area contributed by atoms with Crippen molar-refractivity contribution in [3.8, 4) is 5.88 Å². The zero-order chi connectivity index (χ0) is 15.4. The van der Waals surface area contributed by atoms with Crippen molar-refractivity contribution >= 4 is 5.97 Å². The van der Waals surface area contributed by atoms with E-state index in [1.54, 1.807) is 6.07 Å². The van der Waals surface area contributed by atoms with Crippen molar-refractivity contribution in [1.82, 2.24) is 4.98 Å². The number of nitrogens with zero attached hydrogens (tertiary/aromatic N) is 1. The highest BCUT2D eigenvalue weighted by atomic mass is 16.5. The van der Waals surface area contributed by atoms with Crippen LogP contribution in [-0.2, 0) is 11.2 Å². The number of pyridine rings is 1. The predicted octanol–water partition coefficient (Wildman–Crippen LogP) is 3.07. The molecule has 0 saturated carbocycles. The molecule has 1 fully saturated rings. The molecule has 1 aliphatic rings. The molecule has 1 N–H and O–H groups in total. The molecule has 0 aliphatic carbocycles. The third-order valence-corrected chi connectivity index (χ3v) is 3.55. The zero-order valence-electron chi connectivity index (χ0n) is 12.8. The van der Waals surface area contributed by atoms with Gasteiger partial charge in [-0.15, -0.1) is 0 Å². The lowest BCUT2D eigenvalue weighted by molar-refractivity contribution is -0.0730. The van der Waals surface area contributed by atoms with Crippen LogP contribution in [0.25, 0.3) is 0 Å². The molecule has 1 aromatic rings. The number of hydrogen-bond donors (Lipinski definition) is 1. The first kappa shape index (κ1) is 15.8. The number of aromatic nitrogens is 1. The van der Waals surface area contributed by atoms with Crippen molar-refractivity contribution in [2.24, 2.45) is 0 Å². The van der Waals surface area contributed by atoms with E-state index in [1.807, 2.05) is 20.8 Å². The average molecular weight is 293 g/mol. The van der Waals surface area contributed by atoms with Gasteiger partial charge in [-0.05, 0) is 26.3 Å². The second-order valence-corrected chi connectivity index (χ2v) is 5.71. The lowest BCUT2D eigenvalue weighted by Gasteiger charge is -2.32. The second kappa shape index (κ2) is 6.89. The van der Waals surface area contributed by atoms with Gasteiger partial charge in [-0.1, -0.05) is 13.3 Å². The van der Waals surface area contributed by atoms with Crippen molar-refractivity contribution in [2.75, 3.05) is 0 Å². The summed E-state index contributed by atoms with van der Waals surface area (Å²) < 4.78 is 11.6. The molecule has 1 aliphatic heterocycles. The van der Waals surface area contributed by atoms with Gasteiger partial charge in [-0.25, -0.2) is 9.78 Å². The van der Waals surface area contributed by atoms with Gasteiger partial charge in [-0.2, -0.15) is 0 Å². The second-order valence-electron chi connectivity index (χ2n) is 5.71. The highest BCUT2D eigenvalue weighted by Crippen LogP contribution is 2.24. The molecular formula is C16H23NO4. The van der Waals surface area contributed by atoms with Gasteiger partial charge >= 0.3 is 5.97 Å². The van der Waals surface area contributed by atoms with Gasteiger partial charge in [0.25, 0.3) is 0 Å². The summed E-state index contributed by atoms with van der Waals surface area (Å²) in [4.78, 5) is 15.6. The number of ether oxygens (including phenoxy) is 2. The Morgan fingerprint density at radius 2 is 2.05 bits per heavy atom. The normalized spacial score (nSPS) is 25.6. The smallest absolute Gasteiger partial charge is 0.335 e. The highest BCUT2D eigenvalue weighted by molar-refractivity contribution is 5.88. The van der Waals surface area contributed by atoms with E-state index in [4.69, 9.17) is 9.47 Å². The van der Waals surface area contributed by atoms with Crippen molar-refractivity contribution in [3.05, 3.63) is 23.4 Å². The third-order valence-electron chi connectivity index (χ3n) is 3.55. The number of carbonyl (C=O) groups is 1. The maximum Gasteiger partial charge on any atom is 0.335 e. The molecule has 1 aromatic heterocycles. The molecule has 2 atom stereocenters. The molecule has 5 heteroatoms. The van der Waals surface area contributed by atoms with E-state index in [-0.39, 0.29) is 23.9 Å². The quantitative estimate of drug-likeness (QED) is 0.903. The Hall–Kier alpha value is -1.62. The van der Waals surface area contributed by atoms with E-state index in [1.165, 1.54) is 6.07 Å². The Balaban J connectivity index is 2.16. The summed E-state index contributed by atoms with van der Waals surface area (Å²) in [6, 6.07) is 3.13. The van der Waals surface area contributed by atoms with Crippen LogP contribution in [0.2, 0.25) is 0 Å². The Kier molecular flexibility index (Phi) is 5.17. The van der Waals surface area contributed by atoms with E-state index >= 15 is 0 Å². The molecule has 5 nitrogen and oxygen atoms in total. The monoisotopic (exact) mass is 293 g/mol. The van der Waals surface area contributed by atoms with E-state index in [9.17, 15) is 9.90 Å². The average Bonchev–Trinajstić information content (AvgIpc) is 2.37. The molecule has 0 amide bonds. The first-order chi connectivity index (χ1) is 9.97. The largest absolute Gasteiger partial charge is 0.478 e. The van der Waals surface area contributed by atoms with Crippen LogP contribution < -0.4 is 4.74 Å². The van der Waals surface area contributed by atoms with E-state index in [0.717, 1.165) is 31.4 Å². The van der Waals surface area contributed by atoms with Crippen LogP contribution in [0, 0.1) is 0 Å². The lowest BCUT2D eigenvalue weighted by Crippen LogP contribution is -2.35. The zero-order valence-corrected chi connectivity index (χ0v) is 12.8. The number of carboxylic acids is 1. The van der Waals surface area contributed by atoms with Gasteiger partial charge in [0.15, 0.2) is 0 Å². The van der Waals surface area contributed by atoms with Crippen molar-refractivity contribution in [1.29, 1.82) is 0 Å². The van der Waals surface area contributed by atoms with Crippen LogP contribution in [0.15, 0.2) is 12.1 Å². The molecule has 0 aromatic carbocycles. The van der Waals surface area contributed by atoms with Gasteiger partial charge in [0.1, 0.15) is 6.10 Å². The van der Waals surface area contributed by atoms with Gasteiger partial charge in [0, 0.05) is 24.6 Å². The maximum absolute atomic E-state index is 11.2. The summed E-state index contributed by atoms with van der Waals surface area (Å²) in [5.41, 5.74) is 0.997. The maximum atomic E-state index is 11.2. The van der Waals surface area contributed by atoms with E-state index in [0.29, 0.717) is 5.88 Å². The summed E-state index contributed by atoms with van der Waals surface area (Å²) in [6.45, 7) is 6.09. The molecule has 2 rings (SSSR count). The van der Waals surface area contributed by atoms with Gasteiger partial charge in [-0.3, -0.25) is 0 Å². The first-order valence-corrected chi connectivity index (χ1v) is 7.54. The Bertz CT molecular complexity index is 493. The molecule has 116 valence electrons. The van der Waals surface area contributed by atoms with Crippen molar-refractivity contribution in [3.63, 3.8) is 0 Å². The van der Waals surface area contributed by atoms with Crippen molar-refractivity contribution < 1.29 is 19.4 Å². The molecule has 2 unspecified atom stereocenters. The SMILES string of the molecule is CCCc1cc(C(=O)O)cc(OC2CC(C)OC(C)C2)n1. The topological polar surface area (TPSA) is 68.7 Å². The number of hydrogen-bond acceptors (Lipinski definition) is 4. The number of aromatic carboxylic acids is 1. The van der Waals surface area contributed by atoms with Crippen molar-refractivity contribution in [2.45, 2.75) is 64.8 Å². The summed E-state index contributed by atoms with van der Waals surface area (Å²) in [5, 5.41) is 9.19. The summed E-state index contributed by atoms with van der Waals surface area (Å²) in [6.07, 6.45) is 3.58. The van der Waals surface area contributed by atoms with Gasteiger partial charge in [0.2, 0.25) is 5.88 Å². The van der Waals surface area contributed by atoms with Crippen LogP contribution in [0.5, 0.6) is 5.88 Å². The van der Waals surface area contributed by atoms with E-state index < -0.39 is 5.97 Å². The van der Waals surface area contributed by atoms with Crippen LogP contribution in [0.3, 0.4) is 0 Å². The minimum atomic E-state index is -0.951. The minimum Gasteiger partial charge on any atom is -0.478 e. The van der Waals surface area contributed by atoms with Crippen LogP contribution in [0.4, 0.5) is 0 Å². The molecule has 0 bridgehead atoms. The van der Waals surface area contributed by atoms with E-state index in [2.05, 4.69) is 4.98 Å². The fourth-order valence-corrected chi connectivity index (χ4v) is 2.74. The fraction of sp³-hybridized carbons (Fsp3) is 0.625. The minimum absolute atomic E-state index is 0.0229. The summed E-state index contributed by atoms with van der Waals surface area (Å²) in [5.74, 6) is -0.544. The lowest BCUT2D eigenvalue weighted by atomic mass is 10.0. The number of rotatable bonds is 5. The van der Waals surface area contributed by atoms with Crippen LogP contribution in [-0.4, -0.2) is 34.4 Å². The summed E-state index contributed by atoms with van der Waals surface area (Å²) >= 11 is 0. The molecule has 2 heterocycles. The van der Waals surface area contributed by atoms with Crippen LogP contribution in [0.1, 0.15) is 56.1 Å². The third kappa shape index (κ3) is 4.43. The standard InChI is InChI=1S/C16H23NO4/c1-4-5-13-8-12(16(18)19)9-15(17-13)21-14-6-10(2)20-11(3)7-14/h8-11,14H,4-7H2,1-3H3,(H,18,19).